The molecular weight excluding hydrogens is 490 g/mol. The molecule has 1 fully saturated rings. The molecule has 10 heteroatoms. The molecular formula is C28H41N3O7. The van der Waals surface area contributed by atoms with Crippen molar-refractivity contribution in [3.05, 3.63) is 35.5 Å². The number of hydrogen-bond acceptors (Lipinski definition) is 6. The Morgan fingerprint density at radius 2 is 1.61 bits per heavy atom. The van der Waals surface area contributed by atoms with Crippen LogP contribution < -0.4 is 5.32 Å². The highest BCUT2D eigenvalue weighted by molar-refractivity contribution is 5.88. The highest BCUT2D eigenvalue weighted by Crippen LogP contribution is 2.48. The van der Waals surface area contributed by atoms with E-state index in [2.05, 4.69) is 60.5 Å². The summed E-state index contributed by atoms with van der Waals surface area (Å²) in [7, 11) is 4.58. The van der Waals surface area contributed by atoms with Gasteiger partial charge in [0.15, 0.2) is 5.60 Å². The zero-order chi connectivity index (χ0) is 28.1. The van der Waals surface area contributed by atoms with Gasteiger partial charge >= 0.3 is 17.9 Å². The Bertz CT molecular complexity index is 1130. The van der Waals surface area contributed by atoms with Crippen LogP contribution in [0.25, 0.3) is 10.9 Å². The van der Waals surface area contributed by atoms with Crippen LogP contribution in [0.5, 0.6) is 0 Å². The van der Waals surface area contributed by atoms with Crippen molar-refractivity contribution in [1.82, 2.24) is 15.2 Å². The molecule has 0 amide bonds. The predicted molar refractivity (Wildman–Crippen MR) is 143 cm³/mol. The lowest BCUT2D eigenvalue weighted by Gasteiger charge is -2.51. The van der Waals surface area contributed by atoms with E-state index < -0.39 is 36.4 Å². The van der Waals surface area contributed by atoms with Crippen molar-refractivity contribution < 1.29 is 34.8 Å². The Morgan fingerprint density at radius 1 is 1.00 bits per heavy atom. The molecule has 0 atom stereocenters. The molecule has 1 spiro atoms. The molecule has 0 bridgehead atoms. The number of unbranched alkanes of at least 4 members (excludes halogenated alkanes) is 1. The van der Waals surface area contributed by atoms with Crippen LogP contribution in [0.2, 0.25) is 0 Å². The number of nitrogens with zero attached hydrogens (tertiary/aromatic N) is 1. The van der Waals surface area contributed by atoms with E-state index in [-0.39, 0.29) is 5.54 Å². The van der Waals surface area contributed by atoms with Gasteiger partial charge in [0.2, 0.25) is 0 Å². The number of nitrogens with one attached hydrogen (secondary N) is 2. The molecule has 38 heavy (non-hydrogen) atoms. The van der Waals surface area contributed by atoms with Gasteiger partial charge in [0, 0.05) is 28.7 Å². The molecule has 2 heterocycles. The van der Waals surface area contributed by atoms with E-state index in [1.807, 2.05) is 0 Å². The quantitative estimate of drug-likeness (QED) is 0.285. The molecule has 2 aromatic rings. The lowest BCUT2D eigenvalue weighted by molar-refractivity contribution is -0.170. The Morgan fingerprint density at radius 3 is 2.13 bits per heavy atom. The first-order chi connectivity index (χ1) is 17.9. The molecule has 1 aliphatic carbocycles. The first kappa shape index (κ1) is 29.6. The number of carbonyl (C=O) groups is 3. The molecule has 4 rings (SSSR count). The summed E-state index contributed by atoms with van der Waals surface area (Å²) < 4.78 is 0. The molecule has 0 unspecified atom stereocenters. The molecule has 1 aromatic heterocycles. The first-order valence-electron chi connectivity index (χ1n) is 13.3. The van der Waals surface area contributed by atoms with Crippen molar-refractivity contribution in [2.45, 2.75) is 87.8 Å². The number of aliphatic hydroxyl groups is 1. The van der Waals surface area contributed by atoms with Gasteiger partial charge in [-0.1, -0.05) is 38.0 Å². The average Bonchev–Trinajstić information content (AvgIpc) is 3.23. The minimum atomic E-state index is -2.74. The van der Waals surface area contributed by atoms with E-state index in [0.29, 0.717) is 5.54 Å². The Kier molecular flexibility index (Phi) is 9.22. The zero-order valence-corrected chi connectivity index (χ0v) is 22.5. The summed E-state index contributed by atoms with van der Waals surface area (Å²) in [4.78, 5) is 36.8. The average molecular weight is 532 g/mol. The third-order valence-corrected chi connectivity index (χ3v) is 8.39. The topological polar surface area (TPSA) is 163 Å². The fourth-order valence-electron chi connectivity index (χ4n) is 6.09. The third kappa shape index (κ3) is 6.19. The fourth-order valence-corrected chi connectivity index (χ4v) is 6.09. The van der Waals surface area contributed by atoms with Crippen LogP contribution in [-0.4, -0.2) is 80.0 Å². The highest BCUT2D eigenvalue weighted by atomic mass is 16.4. The standard InChI is InChI=1S/C22H33N3.C6H8O7/c1-4-5-11-21(25(2)3)12-14-22(15-13-21)20-18(10-16-23-22)17-8-6-7-9-19(17)24-20;7-3(8)1-6(13,5(11)12)2-4(9)10/h6-9,23-24H,4-5,10-16H2,1-3H3;13H,1-2H2,(H,7,8)(H,9,10)(H,11,12). The van der Waals surface area contributed by atoms with Crippen molar-refractivity contribution in [1.29, 1.82) is 0 Å². The van der Waals surface area contributed by atoms with E-state index in [4.69, 9.17) is 20.4 Å². The SMILES string of the molecule is CCCCC1(N(C)C)CCC2(CC1)NCCc1c2[nH]c2ccccc12.O=C(O)CC(O)(CC(=O)O)C(=O)O. The summed E-state index contributed by atoms with van der Waals surface area (Å²) in [5.74, 6) is -5.02. The molecule has 1 aromatic carbocycles. The molecule has 10 nitrogen and oxygen atoms in total. The lowest BCUT2D eigenvalue weighted by atomic mass is 9.67. The Balaban J connectivity index is 0.000000263. The number of aromatic amines is 1. The van der Waals surface area contributed by atoms with Crippen LogP contribution in [0, 0.1) is 0 Å². The largest absolute Gasteiger partial charge is 0.481 e. The van der Waals surface area contributed by atoms with E-state index in [0.717, 1.165) is 13.0 Å². The summed E-state index contributed by atoms with van der Waals surface area (Å²) in [5, 5.41) is 39.2. The maximum atomic E-state index is 10.3. The fraction of sp³-hybridized carbons (Fsp3) is 0.607. The monoisotopic (exact) mass is 531 g/mol. The van der Waals surface area contributed by atoms with Gasteiger partial charge in [0.1, 0.15) is 0 Å². The van der Waals surface area contributed by atoms with Gasteiger partial charge in [0.05, 0.1) is 18.4 Å². The Labute approximate surface area is 223 Å². The van der Waals surface area contributed by atoms with Gasteiger partial charge in [-0.15, -0.1) is 0 Å². The van der Waals surface area contributed by atoms with Crippen molar-refractivity contribution in [2.75, 3.05) is 20.6 Å². The van der Waals surface area contributed by atoms with Crippen LogP contribution in [0.15, 0.2) is 24.3 Å². The second-order valence-corrected chi connectivity index (χ2v) is 11.0. The predicted octanol–water partition coefficient (Wildman–Crippen LogP) is 3.33. The summed E-state index contributed by atoms with van der Waals surface area (Å²) >= 11 is 0. The van der Waals surface area contributed by atoms with Crippen LogP contribution >= 0.6 is 0 Å². The van der Waals surface area contributed by atoms with Crippen molar-refractivity contribution in [3.8, 4) is 0 Å². The van der Waals surface area contributed by atoms with Gasteiger partial charge in [0.25, 0.3) is 0 Å². The molecule has 0 radical (unpaired) electrons. The highest BCUT2D eigenvalue weighted by Gasteiger charge is 2.47. The molecule has 210 valence electrons. The lowest BCUT2D eigenvalue weighted by Crippen LogP contribution is -2.56. The number of benzene rings is 1. The van der Waals surface area contributed by atoms with E-state index in [1.165, 1.54) is 61.5 Å². The van der Waals surface area contributed by atoms with Crippen LogP contribution in [0.3, 0.4) is 0 Å². The molecule has 1 saturated carbocycles. The van der Waals surface area contributed by atoms with Crippen LogP contribution in [0.1, 0.15) is 76.0 Å². The van der Waals surface area contributed by atoms with Gasteiger partial charge in [-0.25, -0.2) is 4.79 Å². The number of hydrogen-bond donors (Lipinski definition) is 6. The summed E-state index contributed by atoms with van der Waals surface area (Å²) in [6.45, 7) is 3.42. The number of carboxylic acids is 3. The molecule has 6 N–H and O–H groups in total. The molecule has 1 aliphatic heterocycles. The van der Waals surface area contributed by atoms with Crippen LogP contribution in [0.4, 0.5) is 0 Å². The Hall–Kier alpha value is -2.95. The number of para-hydroxylation sites is 1. The second kappa shape index (κ2) is 11.8. The maximum Gasteiger partial charge on any atom is 0.336 e. The number of carboxylic acid groups (broad SMARTS) is 3. The van der Waals surface area contributed by atoms with Crippen molar-refractivity contribution >= 4 is 28.8 Å². The van der Waals surface area contributed by atoms with Gasteiger partial charge in [-0.05, 0) is 64.3 Å². The van der Waals surface area contributed by atoms with E-state index in [1.54, 1.807) is 5.56 Å². The van der Waals surface area contributed by atoms with Gasteiger partial charge in [-0.3, -0.25) is 9.59 Å². The zero-order valence-electron chi connectivity index (χ0n) is 22.5. The third-order valence-electron chi connectivity index (χ3n) is 8.39. The first-order valence-corrected chi connectivity index (χ1v) is 13.3. The van der Waals surface area contributed by atoms with Gasteiger partial charge < -0.3 is 35.6 Å². The number of H-pyrrole nitrogens is 1. The number of aliphatic carboxylic acids is 3. The number of rotatable bonds is 9. The minimum absolute atomic E-state index is 0.165. The maximum absolute atomic E-state index is 10.3. The summed E-state index contributed by atoms with van der Waals surface area (Å²) in [5.41, 5.74) is 2.19. The molecule has 0 saturated heterocycles. The number of aromatic nitrogens is 1. The smallest absolute Gasteiger partial charge is 0.336 e. The summed E-state index contributed by atoms with van der Waals surface area (Å²) in [6.07, 6.45) is 7.92. The summed E-state index contributed by atoms with van der Waals surface area (Å²) in [6, 6.07) is 8.84. The van der Waals surface area contributed by atoms with E-state index >= 15 is 0 Å². The minimum Gasteiger partial charge on any atom is -0.481 e. The van der Waals surface area contributed by atoms with E-state index in [9.17, 15) is 14.4 Å². The number of fused-ring (bicyclic) bond motifs is 4. The van der Waals surface area contributed by atoms with Gasteiger partial charge in [-0.2, -0.15) is 0 Å². The van der Waals surface area contributed by atoms with Crippen molar-refractivity contribution in [2.24, 2.45) is 0 Å². The molecule has 2 aliphatic rings. The normalized spacial score (nSPS) is 23.1. The second-order valence-electron chi connectivity index (χ2n) is 11.0. The van der Waals surface area contributed by atoms with Crippen molar-refractivity contribution in [3.63, 3.8) is 0 Å². The van der Waals surface area contributed by atoms with Crippen LogP contribution in [-0.2, 0) is 26.3 Å².